The Morgan fingerprint density at radius 1 is 1.24 bits per heavy atom. The molecule has 0 radical (unpaired) electrons. The van der Waals surface area contributed by atoms with Gasteiger partial charge in [-0.3, -0.25) is 14.7 Å². The van der Waals surface area contributed by atoms with Crippen LogP contribution in [0.3, 0.4) is 0 Å². The van der Waals surface area contributed by atoms with E-state index in [0.717, 1.165) is 39.0 Å². The molecule has 0 bridgehead atoms. The van der Waals surface area contributed by atoms with E-state index in [-0.39, 0.29) is 6.04 Å². The lowest BCUT2D eigenvalue weighted by Gasteiger charge is -2.11. The highest BCUT2D eigenvalue weighted by molar-refractivity contribution is 5.97. The van der Waals surface area contributed by atoms with Crippen molar-refractivity contribution >= 4 is 34.7 Å². The molecule has 1 aromatic carbocycles. The van der Waals surface area contributed by atoms with Gasteiger partial charge in [0.05, 0.1) is 24.5 Å². The van der Waals surface area contributed by atoms with E-state index in [9.17, 15) is 0 Å². The topological polar surface area (TPSA) is 94.0 Å². The van der Waals surface area contributed by atoms with E-state index < -0.39 is 0 Å². The number of aryl methyl sites for hydroxylation is 1. The van der Waals surface area contributed by atoms with Gasteiger partial charge in [0.2, 0.25) is 0 Å². The molecular weight excluding hydrogens is 362 g/mol. The van der Waals surface area contributed by atoms with E-state index in [1.165, 1.54) is 0 Å². The summed E-state index contributed by atoms with van der Waals surface area (Å²) in [5.41, 5.74) is 11.1. The Bertz CT molecular complexity index is 1180. The molecule has 0 aliphatic rings. The molecule has 0 aliphatic heterocycles. The summed E-state index contributed by atoms with van der Waals surface area (Å²) >= 11 is 0. The van der Waals surface area contributed by atoms with Crippen LogP contribution in [-0.4, -0.2) is 33.0 Å². The van der Waals surface area contributed by atoms with Crippen molar-refractivity contribution in [3.63, 3.8) is 0 Å². The molecular formula is C22H23N7. The van der Waals surface area contributed by atoms with E-state index in [1.54, 1.807) is 18.6 Å². The largest absolute Gasteiger partial charge is 0.398 e. The number of nitrogen functional groups attached to an aromatic ring is 1. The van der Waals surface area contributed by atoms with Crippen LogP contribution in [0.1, 0.15) is 18.5 Å². The molecule has 146 valence electrons. The Hall–Kier alpha value is -3.74. The van der Waals surface area contributed by atoms with E-state index in [0.29, 0.717) is 12.2 Å². The highest BCUT2D eigenvalue weighted by Gasteiger charge is 2.09. The number of anilines is 3. The third-order valence-electron chi connectivity index (χ3n) is 4.94. The molecule has 7 nitrogen and oxygen atoms in total. The van der Waals surface area contributed by atoms with Gasteiger partial charge in [0.15, 0.2) is 0 Å². The Morgan fingerprint density at radius 3 is 2.90 bits per heavy atom. The Morgan fingerprint density at radius 2 is 2.10 bits per heavy atom. The number of hydrogen-bond acceptors (Lipinski definition) is 6. The number of hydrogen-bond donors (Lipinski definition) is 2. The van der Waals surface area contributed by atoms with Crippen molar-refractivity contribution in [3.8, 4) is 11.1 Å². The van der Waals surface area contributed by atoms with E-state index in [1.807, 2.05) is 42.2 Å². The van der Waals surface area contributed by atoms with Gasteiger partial charge in [0, 0.05) is 41.4 Å². The van der Waals surface area contributed by atoms with Crippen LogP contribution in [0.5, 0.6) is 0 Å². The summed E-state index contributed by atoms with van der Waals surface area (Å²) in [6.45, 7) is 8.27. The zero-order chi connectivity index (χ0) is 20.4. The van der Waals surface area contributed by atoms with Crippen molar-refractivity contribution in [2.75, 3.05) is 17.6 Å². The fourth-order valence-corrected chi connectivity index (χ4v) is 3.34. The maximum absolute atomic E-state index is 6.30. The monoisotopic (exact) mass is 385 g/mol. The maximum Gasteiger partial charge on any atom is 0.131 e. The van der Waals surface area contributed by atoms with E-state index in [2.05, 4.69) is 45.1 Å². The summed E-state index contributed by atoms with van der Waals surface area (Å²) in [5, 5.41) is 9.62. The second-order valence-electron chi connectivity index (χ2n) is 7.14. The van der Waals surface area contributed by atoms with Gasteiger partial charge in [-0.2, -0.15) is 5.10 Å². The standard InChI is InChI=1S/C22H23N7/c1-14-4-5-25-11-19(14)16-6-17-8-22(26-12-20(17)21(23)7-16)28-18-10-27-29(13-18)15(2)9-24-3/h4-8,10-13,15H,3,9,23H2,1-2H3,(H,26,28). The molecule has 0 saturated heterocycles. The van der Waals surface area contributed by atoms with Crippen LogP contribution in [0.15, 0.2) is 60.2 Å². The quantitative estimate of drug-likeness (QED) is 0.379. The number of aromatic nitrogens is 4. The number of benzene rings is 1. The summed E-state index contributed by atoms with van der Waals surface area (Å²) in [6, 6.07) is 8.23. The third-order valence-corrected chi connectivity index (χ3v) is 4.94. The zero-order valence-electron chi connectivity index (χ0n) is 16.5. The number of pyridine rings is 2. The number of nitrogens with one attached hydrogen (secondary N) is 1. The minimum Gasteiger partial charge on any atom is -0.398 e. The molecule has 4 aromatic rings. The average molecular weight is 385 g/mol. The van der Waals surface area contributed by atoms with Crippen molar-refractivity contribution in [1.82, 2.24) is 19.7 Å². The predicted molar refractivity (Wildman–Crippen MR) is 119 cm³/mol. The SMILES string of the molecule is C=NCC(C)n1cc(Nc2cc3cc(-c4cnccc4C)cc(N)c3cn2)cn1. The fourth-order valence-electron chi connectivity index (χ4n) is 3.34. The molecule has 4 rings (SSSR count). The Balaban J connectivity index is 1.67. The predicted octanol–water partition coefficient (Wildman–Crippen LogP) is 4.39. The van der Waals surface area contributed by atoms with Gasteiger partial charge in [-0.15, -0.1) is 0 Å². The van der Waals surface area contributed by atoms with Gasteiger partial charge in [0.1, 0.15) is 5.82 Å². The van der Waals surface area contributed by atoms with Gasteiger partial charge < -0.3 is 11.1 Å². The summed E-state index contributed by atoms with van der Waals surface area (Å²) in [7, 11) is 0. The van der Waals surface area contributed by atoms with E-state index in [4.69, 9.17) is 5.73 Å². The van der Waals surface area contributed by atoms with Crippen molar-refractivity contribution in [2.45, 2.75) is 19.9 Å². The number of nitrogens with two attached hydrogens (primary N) is 1. The average Bonchev–Trinajstić information content (AvgIpc) is 3.17. The van der Waals surface area contributed by atoms with E-state index >= 15 is 0 Å². The first kappa shape index (κ1) is 18.6. The lowest BCUT2D eigenvalue weighted by Crippen LogP contribution is -2.08. The van der Waals surface area contributed by atoms with Gasteiger partial charge >= 0.3 is 0 Å². The second kappa shape index (κ2) is 7.71. The molecule has 0 amide bonds. The summed E-state index contributed by atoms with van der Waals surface area (Å²) < 4.78 is 1.86. The molecule has 7 heteroatoms. The van der Waals surface area contributed by atoms with Crippen LogP contribution >= 0.6 is 0 Å². The number of fused-ring (bicyclic) bond motifs is 1. The number of rotatable bonds is 6. The van der Waals surface area contributed by atoms with Crippen LogP contribution in [0, 0.1) is 6.92 Å². The van der Waals surface area contributed by atoms with Crippen molar-refractivity contribution in [2.24, 2.45) is 4.99 Å². The van der Waals surface area contributed by atoms with Crippen LogP contribution in [-0.2, 0) is 0 Å². The van der Waals surface area contributed by atoms with Crippen molar-refractivity contribution in [3.05, 3.63) is 60.8 Å². The lowest BCUT2D eigenvalue weighted by molar-refractivity contribution is 0.503. The van der Waals surface area contributed by atoms with Gasteiger partial charge in [-0.05, 0) is 61.3 Å². The second-order valence-corrected chi connectivity index (χ2v) is 7.14. The van der Waals surface area contributed by atoms with Crippen LogP contribution in [0.4, 0.5) is 17.2 Å². The molecule has 3 N–H and O–H groups in total. The van der Waals surface area contributed by atoms with Crippen molar-refractivity contribution in [1.29, 1.82) is 0 Å². The summed E-state index contributed by atoms with van der Waals surface area (Å²) in [5.74, 6) is 0.728. The first-order chi connectivity index (χ1) is 14.0. The zero-order valence-corrected chi connectivity index (χ0v) is 16.5. The molecule has 0 fully saturated rings. The smallest absolute Gasteiger partial charge is 0.131 e. The normalized spacial score (nSPS) is 12.1. The first-order valence-corrected chi connectivity index (χ1v) is 9.39. The first-order valence-electron chi connectivity index (χ1n) is 9.39. The van der Waals surface area contributed by atoms with Crippen LogP contribution in [0.25, 0.3) is 21.9 Å². The third kappa shape index (κ3) is 3.80. The van der Waals surface area contributed by atoms with Gasteiger partial charge in [-0.1, -0.05) is 0 Å². The molecule has 3 aromatic heterocycles. The molecule has 0 spiro atoms. The maximum atomic E-state index is 6.30. The summed E-state index contributed by atoms with van der Waals surface area (Å²) in [6.07, 6.45) is 9.16. The molecule has 1 unspecified atom stereocenters. The molecule has 29 heavy (non-hydrogen) atoms. The molecule has 0 aliphatic carbocycles. The number of nitrogens with zero attached hydrogens (tertiary/aromatic N) is 5. The lowest BCUT2D eigenvalue weighted by atomic mass is 9.99. The highest BCUT2D eigenvalue weighted by Crippen LogP contribution is 2.31. The minimum atomic E-state index is 0.151. The molecule has 0 saturated carbocycles. The Labute approximate surface area is 169 Å². The van der Waals surface area contributed by atoms with Crippen molar-refractivity contribution < 1.29 is 0 Å². The van der Waals surface area contributed by atoms with Gasteiger partial charge in [-0.25, -0.2) is 4.98 Å². The summed E-state index contributed by atoms with van der Waals surface area (Å²) in [4.78, 5) is 12.7. The molecule has 3 heterocycles. The van der Waals surface area contributed by atoms with Crippen LogP contribution < -0.4 is 11.1 Å². The van der Waals surface area contributed by atoms with Gasteiger partial charge in [0.25, 0.3) is 0 Å². The van der Waals surface area contributed by atoms with Crippen LogP contribution in [0.2, 0.25) is 0 Å². The molecule has 1 atom stereocenters. The number of aliphatic imine (C=N–C) groups is 1. The minimum absolute atomic E-state index is 0.151. The Kier molecular flexibility index (Phi) is 4.95. The fraction of sp³-hybridized carbons (Fsp3) is 0.182. The highest BCUT2D eigenvalue weighted by atomic mass is 15.3.